The largest absolute Gasteiger partial charge is 0.339 e. The number of nitrogens with zero attached hydrogens (tertiary/aromatic N) is 2. The molecule has 5 heteroatoms. The molecule has 0 bridgehead atoms. The first-order valence-electron chi connectivity index (χ1n) is 8.93. The Labute approximate surface area is 153 Å². The van der Waals surface area contributed by atoms with Crippen LogP contribution in [-0.4, -0.2) is 42.4 Å². The summed E-state index contributed by atoms with van der Waals surface area (Å²) in [6, 6.07) is 12.9. The Morgan fingerprint density at radius 3 is 2.50 bits per heavy atom. The highest BCUT2D eigenvalue weighted by molar-refractivity contribution is 5.77. The molecule has 1 amide bonds. The summed E-state index contributed by atoms with van der Waals surface area (Å²) in [5, 5.41) is 0. The van der Waals surface area contributed by atoms with Crippen LogP contribution in [0.25, 0.3) is 0 Å². The first kappa shape index (κ1) is 18.5. The molecule has 0 aromatic heterocycles. The smallest absolute Gasteiger partial charge is 0.223 e. The van der Waals surface area contributed by atoms with Gasteiger partial charge in [0.25, 0.3) is 0 Å². The van der Waals surface area contributed by atoms with Crippen molar-refractivity contribution in [3.8, 4) is 0 Å². The average molecular weight is 358 g/mol. The fourth-order valence-corrected chi connectivity index (χ4v) is 3.48. The van der Waals surface area contributed by atoms with Gasteiger partial charge in [-0.25, -0.2) is 8.78 Å². The zero-order valence-electron chi connectivity index (χ0n) is 15.2. The molecule has 0 spiro atoms. The van der Waals surface area contributed by atoms with Crippen molar-refractivity contribution < 1.29 is 13.6 Å². The normalized spacial score (nSPS) is 19.4. The minimum atomic E-state index is -0.279. The Morgan fingerprint density at radius 2 is 1.81 bits per heavy atom. The standard InChI is InChI=1S/C21H24F2N2O/c1-15(16-7-9-17(22)10-8-16)13-21(26)25-12-11-24(2)20(14-25)18-5-3-4-6-19(18)23/h3-10,15,20H,11-14H2,1-2H3. The van der Waals surface area contributed by atoms with Gasteiger partial charge in [0.05, 0.1) is 6.04 Å². The van der Waals surface area contributed by atoms with E-state index >= 15 is 0 Å². The van der Waals surface area contributed by atoms with E-state index in [1.54, 1.807) is 24.3 Å². The molecule has 0 saturated carbocycles. The summed E-state index contributed by atoms with van der Waals surface area (Å²) < 4.78 is 27.2. The van der Waals surface area contributed by atoms with Crippen molar-refractivity contribution in [2.45, 2.75) is 25.3 Å². The molecular formula is C21H24F2N2O. The lowest BCUT2D eigenvalue weighted by Crippen LogP contribution is -2.49. The number of rotatable bonds is 4. The van der Waals surface area contributed by atoms with Crippen LogP contribution in [0.15, 0.2) is 48.5 Å². The lowest BCUT2D eigenvalue weighted by Gasteiger charge is -2.40. The number of carbonyl (C=O) groups is 1. The minimum absolute atomic E-state index is 0.00895. The molecule has 2 unspecified atom stereocenters. The van der Waals surface area contributed by atoms with Crippen molar-refractivity contribution in [1.82, 2.24) is 9.80 Å². The summed E-state index contributed by atoms with van der Waals surface area (Å²) in [5.74, 6) is -0.455. The van der Waals surface area contributed by atoms with Gasteiger partial charge in [0.1, 0.15) is 11.6 Å². The summed E-state index contributed by atoms with van der Waals surface area (Å²) in [5.41, 5.74) is 1.57. The highest BCUT2D eigenvalue weighted by atomic mass is 19.1. The number of hydrogen-bond donors (Lipinski definition) is 0. The molecule has 26 heavy (non-hydrogen) atoms. The molecule has 3 rings (SSSR count). The number of hydrogen-bond acceptors (Lipinski definition) is 2. The first-order chi connectivity index (χ1) is 12.5. The van der Waals surface area contributed by atoms with Crippen molar-refractivity contribution in [2.75, 3.05) is 26.7 Å². The number of carbonyl (C=O) groups excluding carboxylic acids is 1. The van der Waals surface area contributed by atoms with E-state index in [1.807, 2.05) is 24.9 Å². The number of benzene rings is 2. The molecule has 1 aliphatic heterocycles. The molecule has 1 fully saturated rings. The molecule has 2 aromatic carbocycles. The van der Waals surface area contributed by atoms with Gasteiger partial charge in [-0.2, -0.15) is 0 Å². The summed E-state index contributed by atoms with van der Waals surface area (Å²) in [6.07, 6.45) is 0.360. The van der Waals surface area contributed by atoms with E-state index in [2.05, 4.69) is 4.90 Å². The highest BCUT2D eigenvalue weighted by Crippen LogP contribution is 2.28. The van der Waals surface area contributed by atoms with Gasteiger partial charge < -0.3 is 4.90 Å². The van der Waals surface area contributed by atoms with Gasteiger partial charge in [0.15, 0.2) is 0 Å². The maximum Gasteiger partial charge on any atom is 0.223 e. The SMILES string of the molecule is CC(CC(=O)N1CCN(C)C(c2ccccc2F)C1)c1ccc(F)cc1. The Bertz CT molecular complexity index is 763. The average Bonchev–Trinajstić information content (AvgIpc) is 2.63. The van der Waals surface area contributed by atoms with Crippen LogP contribution in [0.3, 0.4) is 0 Å². The first-order valence-corrected chi connectivity index (χ1v) is 8.93. The third kappa shape index (κ3) is 4.10. The van der Waals surface area contributed by atoms with Crippen LogP contribution in [-0.2, 0) is 4.79 Å². The number of halogens is 2. The van der Waals surface area contributed by atoms with Gasteiger partial charge in [-0.05, 0) is 36.7 Å². The molecular weight excluding hydrogens is 334 g/mol. The molecule has 138 valence electrons. The molecule has 0 radical (unpaired) electrons. The third-order valence-electron chi connectivity index (χ3n) is 5.18. The van der Waals surface area contributed by atoms with Gasteiger partial charge in [0, 0.05) is 31.6 Å². The predicted octanol–water partition coefficient (Wildman–Crippen LogP) is 3.97. The molecule has 0 aliphatic carbocycles. The Kier molecular flexibility index (Phi) is 5.67. The molecule has 1 saturated heterocycles. The number of likely N-dealkylation sites (N-methyl/N-ethyl adjacent to an activating group) is 1. The molecule has 2 aromatic rings. The Hall–Kier alpha value is -2.27. The second-order valence-electron chi connectivity index (χ2n) is 7.01. The quantitative estimate of drug-likeness (QED) is 0.826. The second kappa shape index (κ2) is 7.96. The van der Waals surface area contributed by atoms with Gasteiger partial charge in [-0.1, -0.05) is 37.3 Å². The zero-order valence-corrected chi connectivity index (χ0v) is 15.2. The maximum atomic E-state index is 14.2. The van der Waals surface area contributed by atoms with E-state index in [4.69, 9.17) is 0 Å². The van der Waals surface area contributed by atoms with Crippen molar-refractivity contribution in [1.29, 1.82) is 0 Å². The van der Waals surface area contributed by atoms with Gasteiger partial charge in [-0.3, -0.25) is 9.69 Å². The van der Waals surface area contributed by atoms with E-state index in [0.717, 1.165) is 5.56 Å². The summed E-state index contributed by atoms with van der Waals surface area (Å²) >= 11 is 0. The third-order valence-corrected chi connectivity index (χ3v) is 5.18. The molecule has 1 heterocycles. The Balaban J connectivity index is 1.68. The molecule has 1 aliphatic rings. The fraction of sp³-hybridized carbons (Fsp3) is 0.381. The highest BCUT2D eigenvalue weighted by Gasteiger charge is 2.30. The Morgan fingerprint density at radius 1 is 1.12 bits per heavy atom. The summed E-state index contributed by atoms with van der Waals surface area (Å²) in [7, 11) is 1.96. The van der Waals surface area contributed by atoms with Gasteiger partial charge >= 0.3 is 0 Å². The summed E-state index contributed by atoms with van der Waals surface area (Å²) in [6.45, 7) is 3.79. The van der Waals surface area contributed by atoms with Crippen LogP contribution in [0, 0.1) is 11.6 Å². The minimum Gasteiger partial charge on any atom is -0.339 e. The van der Waals surface area contributed by atoms with Crippen molar-refractivity contribution >= 4 is 5.91 Å². The van der Waals surface area contributed by atoms with E-state index < -0.39 is 0 Å². The number of amides is 1. The fourth-order valence-electron chi connectivity index (χ4n) is 3.48. The molecule has 0 N–H and O–H groups in total. The predicted molar refractivity (Wildman–Crippen MR) is 97.8 cm³/mol. The van der Waals surface area contributed by atoms with Gasteiger partial charge in [-0.15, -0.1) is 0 Å². The van der Waals surface area contributed by atoms with Crippen LogP contribution in [0.1, 0.15) is 36.4 Å². The van der Waals surface area contributed by atoms with Crippen LogP contribution in [0.5, 0.6) is 0 Å². The van der Waals surface area contributed by atoms with Gasteiger partial charge in [0.2, 0.25) is 5.91 Å². The molecule has 2 atom stereocenters. The van der Waals surface area contributed by atoms with Crippen LogP contribution < -0.4 is 0 Å². The zero-order chi connectivity index (χ0) is 18.7. The van der Waals surface area contributed by atoms with Crippen molar-refractivity contribution in [3.63, 3.8) is 0 Å². The van der Waals surface area contributed by atoms with E-state index in [0.29, 0.717) is 31.6 Å². The lowest BCUT2D eigenvalue weighted by molar-refractivity contribution is -0.134. The molecule has 3 nitrogen and oxygen atoms in total. The van der Waals surface area contributed by atoms with Crippen molar-refractivity contribution in [2.24, 2.45) is 0 Å². The number of piperazine rings is 1. The van der Waals surface area contributed by atoms with Crippen LogP contribution in [0.2, 0.25) is 0 Å². The van der Waals surface area contributed by atoms with Crippen LogP contribution in [0.4, 0.5) is 8.78 Å². The topological polar surface area (TPSA) is 23.6 Å². The monoisotopic (exact) mass is 358 g/mol. The summed E-state index contributed by atoms with van der Waals surface area (Å²) in [4.78, 5) is 16.7. The van der Waals surface area contributed by atoms with Crippen molar-refractivity contribution in [3.05, 3.63) is 71.3 Å². The maximum absolute atomic E-state index is 14.2. The lowest BCUT2D eigenvalue weighted by atomic mass is 9.96. The second-order valence-corrected chi connectivity index (χ2v) is 7.01. The van der Waals surface area contributed by atoms with E-state index in [1.165, 1.54) is 18.2 Å². The van der Waals surface area contributed by atoms with E-state index in [9.17, 15) is 13.6 Å². The van der Waals surface area contributed by atoms with Crippen LogP contribution >= 0.6 is 0 Å². The van der Waals surface area contributed by atoms with E-state index in [-0.39, 0.29) is 29.5 Å².